The highest BCUT2D eigenvalue weighted by atomic mass is 16.4. The van der Waals surface area contributed by atoms with Crippen LogP contribution in [0.25, 0.3) is 0 Å². The predicted octanol–water partition coefficient (Wildman–Crippen LogP) is 3.85. The Morgan fingerprint density at radius 1 is 1.17 bits per heavy atom. The maximum absolute atomic E-state index is 12.8. The minimum atomic E-state index is -0.882. The molecule has 3 N–H and O–H groups in total. The highest BCUT2D eigenvalue weighted by Gasteiger charge is 2.53. The van der Waals surface area contributed by atoms with Crippen LogP contribution < -0.4 is 10.6 Å². The molecule has 0 heterocycles. The van der Waals surface area contributed by atoms with Gasteiger partial charge in [-0.3, -0.25) is 9.59 Å². The third kappa shape index (κ3) is 4.21. The Hall–Kier alpha value is -2.81. The minimum absolute atomic E-state index is 0.0375. The van der Waals surface area contributed by atoms with Crippen molar-refractivity contribution in [3.63, 3.8) is 0 Å². The average molecular weight is 408 g/mol. The number of amides is 1. The number of carbonyl (C=O) groups is 2. The van der Waals surface area contributed by atoms with Gasteiger partial charge in [0.15, 0.2) is 0 Å². The summed E-state index contributed by atoms with van der Waals surface area (Å²) in [6.07, 6.45) is 9.07. The quantitative estimate of drug-likeness (QED) is 0.471. The van der Waals surface area contributed by atoms with Crippen LogP contribution in [0.3, 0.4) is 0 Å². The Balaban J connectivity index is 1.38. The number of carboxylic acid groups (broad SMARTS) is 1. The molecule has 1 amide bonds. The van der Waals surface area contributed by atoms with E-state index in [4.69, 9.17) is 5.11 Å². The smallest absolute Gasteiger partial charge is 0.307 e. The molecule has 0 spiro atoms. The van der Waals surface area contributed by atoms with Crippen molar-refractivity contribution in [2.24, 2.45) is 23.2 Å². The number of nitriles is 1. The second kappa shape index (κ2) is 8.14. The molecule has 1 aromatic carbocycles. The Morgan fingerprint density at radius 2 is 1.73 bits per heavy atom. The van der Waals surface area contributed by atoms with Gasteiger partial charge in [-0.1, -0.05) is 12.1 Å². The molecule has 0 aromatic heterocycles. The zero-order chi connectivity index (χ0) is 21.3. The number of hydrogen-bond acceptors (Lipinski definition) is 4. The van der Waals surface area contributed by atoms with Crippen LogP contribution in [0, 0.1) is 34.5 Å². The molecule has 0 aliphatic heterocycles. The molecule has 4 aliphatic rings. The number of rotatable bonds is 7. The van der Waals surface area contributed by atoms with Gasteiger partial charge in [0, 0.05) is 17.9 Å². The first-order valence-corrected chi connectivity index (χ1v) is 10.9. The maximum Gasteiger partial charge on any atom is 0.307 e. The standard InChI is InChI=1S/C24H29N3O3/c1-15(24-10-17-6-18(11-24)8-19(7-17)12-24)27-23(30)20(13-25)14-26-21-4-2-16(3-5-21)9-22(28)29/h2-5,14-15,17-19,26H,6-12H2,1H3,(H,27,30)(H,28,29)/b20-14-. The van der Waals surface area contributed by atoms with Gasteiger partial charge in [-0.2, -0.15) is 5.26 Å². The number of nitrogens with one attached hydrogen (secondary N) is 2. The number of aliphatic carboxylic acids is 1. The lowest BCUT2D eigenvalue weighted by atomic mass is 9.48. The van der Waals surface area contributed by atoms with E-state index in [0.29, 0.717) is 11.3 Å². The van der Waals surface area contributed by atoms with Gasteiger partial charge in [-0.25, -0.2) is 0 Å². The van der Waals surface area contributed by atoms with Crippen molar-refractivity contribution in [1.82, 2.24) is 5.32 Å². The van der Waals surface area contributed by atoms with Crippen LogP contribution in [0.4, 0.5) is 5.69 Å². The van der Waals surface area contributed by atoms with Gasteiger partial charge in [0.2, 0.25) is 0 Å². The maximum atomic E-state index is 12.8. The second-order valence-corrected chi connectivity index (χ2v) is 9.56. The summed E-state index contributed by atoms with van der Waals surface area (Å²) in [7, 11) is 0. The van der Waals surface area contributed by atoms with Crippen molar-refractivity contribution >= 4 is 17.6 Å². The van der Waals surface area contributed by atoms with E-state index in [1.807, 2.05) is 6.07 Å². The van der Waals surface area contributed by atoms with E-state index in [1.54, 1.807) is 24.3 Å². The third-order valence-electron chi connectivity index (χ3n) is 7.41. The summed E-state index contributed by atoms with van der Waals surface area (Å²) in [6.45, 7) is 2.11. The van der Waals surface area contributed by atoms with Gasteiger partial charge in [0.25, 0.3) is 5.91 Å². The van der Waals surface area contributed by atoms with Crippen LogP contribution >= 0.6 is 0 Å². The molecule has 0 saturated heterocycles. The van der Waals surface area contributed by atoms with Crippen molar-refractivity contribution in [1.29, 1.82) is 5.26 Å². The molecule has 4 fully saturated rings. The van der Waals surface area contributed by atoms with Crippen molar-refractivity contribution in [3.05, 3.63) is 41.6 Å². The van der Waals surface area contributed by atoms with Crippen LogP contribution in [0.2, 0.25) is 0 Å². The van der Waals surface area contributed by atoms with Crippen molar-refractivity contribution in [3.8, 4) is 6.07 Å². The lowest BCUT2D eigenvalue weighted by Crippen LogP contribution is -2.56. The van der Waals surface area contributed by atoms with Crippen LogP contribution in [0.1, 0.15) is 51.0 Å². The fraction of sp³-hybridized carbons (Fsp3) is 0.542. The number of anilines is 1. The molecule has 1 aromatic rings. The van der Waals surface area contributed by atoms with Gasteiger partial charge in [-0.05, 0) is 86.3 Å². The summed E-state index contributed by atoms with van der Waals surface area (Å²) >= 11 is 0. The summed E-state index contributed by atoms with van der Waals surface area (Å²) in [5.41, 5.74) is 1.62. The second-order valence-electron chi connectivity index (χ2n) is 9.56. The summed E-state index contributed by atoms with van der Waals surface area (Å²) < 4.78 is 0. The zero-order valence-corrected chi connectivity index (χ0v) is 17.4. The normalized spacial score (nSPS) is 30.4. The van der Waals surface area contributed by atoms with Gasteiger partial charge < -0.3 is 15.7 Å². The van der Waals surface area contributed by atoms with Crippen LogP contribution in [0.15, 0.2) is 36.0 Å². The van der Waals surface area contributed by atoms with E-state index in [2.05, 4.69) is 17.6 Å². The van der Waals surface area contributed by atoms with Crippen molar-refractivity contribution in [2.45, 2.75) is 57.9 Å². The SMILES string of the molecule is CC(NC(=O)/C(C#N)=C\Nc1ccc(CC(=O)O)cc1)C12CC3CC(CC(C3)C1)C2. The predicted molar refractivity (Wildman–Crippen MR) is 113 cm³/mol. The van der Waals surface area contributed by atoms with Crippen molar-refractivity contribution in [2.75, 3.05) is 5.32 Å². The largest absolute Gasteiger partial charge is 0.481 e. The molecule has 30 heavy (non-hydrogen) atoms. The lowest BCUT2D eigenvalue weighted by Gasteiger charge is -2.59. The molecule has 6 nitrogen and oxygen atoms in total. The molecule has 4 aliphatic carbocycles. The number of carbonyl (C=O) groups excluding carboxylic acids is 1. The summed E-state index contributed by atoms with van der Waals surface area (Å²) in [5, 5.41) is 24.4. The van der Waals surface area contributed by atoms with Gasteiger partial charge in [0.05, 0.1) is 6.42 Å². The van der Waals surface area contributed by atoms with E-state index in [9.17, 15) is 14.9 Å². The molecule has 6 heteroatoms. The first-order chi connectivity index (χ1) is 14.4. The molecule has 1 atom stereocenters. The summed E-state index contributed by atoms with van der Waals surface area (Å²) in [6, 6.07) is 8.96. The van der Waals surface area contributed by atoms with E-state index < -0.39 is 5.97 Å². The molecule has 5 rings (SSSR count). The molecule has 4 saturated carbocycles. The zero-order valence-electron chi connectivity index (χ0n) is 17.4. The Bertz CT molecular complexity index is 862. The van der Waals surface area contributed by atoms with Crippen LogP contribution in [-0.2, 0) is 16.0 Å². The number of carboxylic acids is 1. The first-order valence-electron chi connectivity index (χ1n) is 10.9. The van der Waals surface area contributed by atoms with E-state index in [0.717, 1.165) is 17.8 Å². The van der Waals surface area contributed by atoms with Gasteiger partial charge >= 0.3 is 5.97 Å². The van der Waals surface area contributed by atoms with E-state index >= 15 is 0 Å². The summed E-state index contributed by atoms with van der Waals surface area (Å²) in [4.78, 5) is 23.5. The lowest BCUT2D eigenvalue weighted by molar-refractivity contribution is -0.136. The van der Waals surface area contributed by atoms with Gasteiger partial charge in [0.1, 0.15) is 11.6 Å². The Labute approximate surface area is 177 Å². The van der Waals surface area contributed by atoms with Crippen molar-refractivity contribution < 1.29 is 14.7 Å². The van der Waals surface area contributed by atoms with Gasteiger partial charge in [-0.15, -0.1) is 0 Å². The molecular formula is C24H29N3O3. The Kier molecular flexibility index (Phi) is 5.55. The average Bonchev–Trinajstić information content (AvgIpc) is 2.68. The topological polar surface area (TPSA) is 102 Å². The fourth-order valence-electron chi connectivity index (χ4n) is 6.33. The molecule has 1 unspecified atom stereocenters. The monoisotopic (exact) mass is 407 g/mol. The fourth-order valence-corrected chi connectivity index (χ4v) is 6.33. The number of nitrogens with zero attached hydrogens (tertiary/aromatic N) is 1. The third-order valence-corrected chi connectivity index (χ3v) is 7.41. The molecule has 4 bridgehead atoms. The number of hydrogen-bond donors (Lipinski definition) is 3. The van der Waals surface area contributed by atoms with Crippen LogP contribution in [-0.4, -0.2) is 23.0 Å². The van der Waals surface area contributed by atoms with E-state index in [1.165, 1.54) is 44.7 Å². The van der Waals surface area contributed by atoms with E-state index in [-0.39, 0.29) is 29.4 Å². The first kappa shape index (κ1) is 20.5. The number of benzene rings is 1. The Morgan fingerprint density at radius 3 is 2.23 bits per heavy atom. The highest BCUT2D eigenvalue weighted by molar-refractivity contribution is 5.97. The molecule has 0 radical (unpaired) electrons. The highest BCUT2D eigenvalue weighted by Crippen LogP contribution is 2.61. The minimum Gasteiger partial charge on any atom is -0.481 e. The summed E-state index contributed by atoms with van der Waals surface area (Å²) in [5.74, 6) is 1.22. The molecule has 158 valence electrons. The molecular weight excluding hydrogens is 378 g/mol. The van der Waals surface area contributed by atoms with Crippen LogP contribution in [0.5, 0.6) is 0 Å².